The highest BCUT2D eigenvalue weighted by Crippen LogP contribution is 2.29. The average molecular weight is 261 g/mol. The lowest BCUT2D eigenvalue weighted by atomic mass is 9.93. The molecule has 3 N–H and O–H groups in total. The fraction of sp³-hybridized carbons (Fsp3) is 0.429. The van der Waals surface area contributed by atoms with Gasteiger partial charge < -0.3 is 11.1 Å². The van der Waals surface area contributed by atoms with E-state index < -0.39 is 5.54 Å². The first-order valence-electron chi connectivity index (χ1n) is 6.53. The molecule has 3 amide bonds. The Bertz CT molecular complexity index is 509. The van der Waals surface area contributed by atoms with Crippen LogP contribution in [0.25, 0.3) is 0 Å². The Morgan fingerprint density at radius 2 is 1.95 bits per heavy atom. The number of nitrogens with one attached hydrogen (secondary N) is 1. The maximum Gasteiger partial charge on any atom is 0.329 e. The molecule has 0 radical (unpaired) electrons. The van der Waals surface area contributed by atoms with E-state index in [0.29, 0.717) is 25.1 Å². The molecule has 0 atom stereocenters. The summed E-state index contributed by atoms with van der Waals surface area (Å²) in [5.74, 6) is -0.184. The molecule has 1 aliphatic rings. The molecule has 0 unspecified atom stereocenters. The van der Waals surface area contributed by atoms with E-state index in [2.05, 4.69) is 5.32 Å². The molecule has 102 valence electrons. The van der Waals surface area contributed by atoms with E-state index >= 15 is 0 Å². The highest BCUT2D eigenvalue weighted by Gasteiger charge is 2.49. The minimum atomic E-state index is -0.768. The second-order valence-electron chi connectivity index (χ2n) is 4.73. The minimum absolute atomic E-state index is 0.184. The highest BCUT2D eigenvalue weighted by atomic mass is 16.2. The van der Waals surface area contributed by atoms with Gasteiger partial charge in [0.1, 0.15) is 5.54 Å². The van der Waals surface area contributed by atoms with Crippen molar-refractivity contribution in [2.45, 2.75) is 38.8 Å². The number of rotatable bonds is 4. The van der Waals surface area contributed by atoms with Crippen LogP contribution in [0.3, 0.4) is 0 Å². The number of carbonyl (C=O) groups is 2. The lowest BCUT2D eigenvalue weighted by Gasteiger charge is -2.23. The molecule has 5 nitrogen and oxygen atoms in total. The molecular formula is C14H19N3O2. The topological polar surface area (TPSA) is 75.4 Å². The summed E-state index contributed by atoms with van der Waals surface area (Å²) in [5, 5.41) is 2.81. The van der Waals surface area contributed by atoms with E-state index in [9.17, 15) is 9.59 Å². The molecule has 0 aliphatic carbocycles. The number of anilines is 1. The van der Waals surface area contributed by atoms with Crippen molar-refractivity contribution >= 4 is 17.6 Å². The number of hydrogen-bond acceptors (Lipinski definition) is 3. The summed E-state index contributed by atoms with van der Waals surface area (Å²) in [5.41, 5.74) is 6.29. The van der Waals surface area contributed by atoms with Crippen LogP contribution in [0.15, 0.2) is 24.3 Å². The lowest BCUT2D eigenvalue weighted by Crippen LogP contribution is -2.45. The second kappa shape index (κ2) is 5.01. The van der Waals surface area contributed by atoms with Crippen molar-refractivity contribution in [3.8, 4) is 0 Å². The number of imide groups is 1. The number of nitrogens with two attached hydrogens (primary N) is 1. The number of hydrogen-bond donors (Lipinski definition) is 2. The van der Waals surface area contributed by atoms with Crippen LogP contribution in [0.4, 0.5) is 10.5 Å². The monoisotopic (exact) mass is 261 g/mol. The van der Waals surface area contributed by atoms with E-state index in [4.69, 9.17) is 5.73 Å². The van der Waals surface area contributed by atoms with Crippen molar-refractivity contribution in [2.24, 2.45) is 5.73 Å². The Hall–Kier alpha value is -1.88. The maximum absolute atomic E-state index is 12.5. The Morgan fingerprint density at radius 3 is 2.47 bits per heavy atom. The number of benzene rings is 1. The molecule has 1 aromatic rings. The van der Waals surface area contributed by atoms with Gasteiger partial charge in [0.2, 0.25) is 0 Å². The first-order valence-corrected chi connectivity index (χ1v) is 6.53. The fourth-order valence-corrected chi connectivity index (χ4v) is 2.41. The van der Waals surface area contributed by atoms with Crippen LogP contribution in [-0.4, -0.2) is 17.5 Å². The van der Waals surface area contributed by atoms with Gasteiger partial charge >= 0.3 is 6.03 Å². The van der Waals surface area contributed by atoms with Crippen molar-refractivity contribution in [1.29, 1.82) is 0 Å². The zero-order valence-corrected chi connectivity index (χ0v) is 11.3. The van der Waals surface area contributed by atoms with E-state index in [1.54, 1.807) is 18.2 Å². The van der Waals surface area contributed by atoms with Crippen molar-refractivity contribution in [3.05, 3.63) is 29.8 Å². The summed E-state index contributed by atoms with van der Waals surface area (Å²) in [6.07, 6.45) is 1.17. The summed E-state index contributed by atoms with van der Waals surface area (Å²) >= 11 is 0. The third-order valence-electron chi connectivity index (χ3n) is 3.77. The second-order valence-corrected chi connectivity index (χ2v) is 4.73. The van der Waals surface area contributed by atoms with Crippen molar-refractivity contribution in [3.63, 3.8) is 0 Å². The number of urea groups is 1. The summed E-state index contributed by atoms with van der Waals surface area (Å²) < 4.78 is 0. The molecule has 0 aromatic heterocycles. The first-order chi connectivity index (χ1) is 9.07. The lowest BCUT2D eigenvalue weighted by molar-refractivity contribution is -0.122. The van der Waals surface area contributed by atoms with Crippen LogP contribution in [0, 0.1) is 0 Å². The molecule has 0 bridgehead atoms. The largest absolute Gasteiger partial charge is 0.329 e. The fourth-order valence-electron chi connectivity index (χ4n) is 2.41. The zero-order valence-electron chi connectivity index (χ0n) is 11.3. The smallest absolute Gasteiger partial charge is 0.326 e. The molecule has 2 rings (SSSR count). The molecule has 1 aromatic carbocycles. The van der Waals surface area contributed by atoms with Gasteiger partial charge in [0.05, 0.1) is 5.69 Å². The number of nitrogens with zero attached hydrogens (tertiary/aromatic N) is 1. The van der Waals surface area contributed by atoms with Crippen LogP contribution < -0.4 is 16.0 Å². The maximum atomic E-state index is 12.5. The highest BCUT2D eigenvalue weighted by molar-refractivity contribution is 6.23. The molecular weight excluding hydrogens is 242 g/mol. The van der Waals surface area contributed by atoms with E-state index in [0.717, 1.165) is 5.56 Å². The van der Waals surface area contributed by atoms with Gasteiger partial charge in [-0.15, -0.1) is 0 Å². The van der Waals surface area contributed by atoms with Crippen LogP contribution in [-0.2, 0) is 11.3 Å². The van der Waals surface area contributed by atoms with Crippen molar-refractivity contribution in [2.75, 3.05) is 4.90 Å². The van der Waals surface area contributed by atoms with Gasteiger partial charge in [-0.05, 0) is 30.5 Å². The SMILES string of the molecule is CCC1(CC)NC(=O)N(c2cccc(CN)c2)C1=O. The van der Waals surface area contributed by atoms with E-state index in [1.807, 2.05) is 19.9 Å². The molecule has 5 heteroatoms. The standard InChI is InChI=1S/C14H19N3O2/c1-3-14(4-2)12(18)17(13(19)16-14)11-7-5-6-10(8-11)9-15/h5-8H,3-4,9,15H2,1-2H3,(H,16,19). The molecule has 0 saturated carbocycles. The number of carbonyl (C=O) groups excluding carboxylic acids is 2. The normalized spacial score (nSPS) is 17.7. The van der Waals surface area contributed by atoms with Crippen LogP contribution in [0.1, 0.15) is 32.3 Å². The molecule has 1 saturated heterocycles. The molecule has 1 heterocycles. The van der Waals surface area contributed by atoms with Gasteiger partial charge in [0.15, 0.2) is 0 Å². The molecule has 1 fully saturated rings. The molecule has 19 heavy (non-hydrogen) atoms. The zero-order chi connectivity index (χ0) is 14.0. The molecule has 1 aliphatic heterocycles. The predicted molar refractivity (Wildman–Crippen MR) is 73.7 cm³/mol. The van der Waals surface area contributed by atoms with E-state index in [1.165, 1.54) is 4.90 Å². The summed E-state index contributed by atoms with van der Waals surface area (Å²) in [6.45, 7) is 4.19. The Kier molecular flexibility index (Phi) is 3.57. The molecule has 0 spiro atoms. The summed E-state index contributed by atoms with van der Waals surface area (Å²) in [6, 6.07) is 6.84. The summed E-state index contributed by atoms with van der Waals surface area (Å²) in [4.78, 5) is 25.8. The van der Waals surface area contributed by atoms with E-state index in [-0.39, 0.29) is 11.9 Å². The average Bonchev–Trinajstić information content (AvgIpc) is 2.70. The predicted octanol–water partition coefficient (Wildman–Crippen LogP) is 1.76. The van der Waals surface area contributed by atoms with Gasteiger partial charge in [0, 0.05) is 6.54 Å². The third kappa shape index (κ3) is 2.10. The van der Waals surface area contributed by atoms with Crippen molar-refractivity contribution < 1.29 is 9.59 Å². The van der Waals surface area contributed by atoms with Gasteiger partial charge in [0.25, 0.3) is 5.91 Å². The van der Waals surface area contributed by atoms with Crippen LogP contribution in [0.2, 0.25) is 0 Å². The minimum Gasteiger partial charge on any atom is -0.326 e. The van der Waals surface area contributed by atoms with Gasteiger partial charge in [-0.2, -0.15) is 0 Å². The summed E-state index contributed by atoms with van der Waals surface area (Å²) in [7, 11) is 0. The van der Waals surface area contributed by atoms with Gasteiger partial charge in [-0.1, -0.05) is 26.0 Å². The first kappa shape index (κ1) is 13.5. The quantitative estimate of drug-likeness (QED) is 0.811. The number of amides is 3. The Labute approximate surface area is 112 Å². The Morgan fingerprint density at radius 1 is 1.26 bits per heavy atom. The van der Waals surface area contributed by atoms with Crippen molar-refractivity contribution in [1.82, 2.24) is 5.32 Å². The van der Waals surface area contributed by atoms with Crippen LogP contribution in [0.5, 0.6) is 0 Å². The Balaban J connectivity index is 2.40. The van der Waals surface area contributed by atoms with Gasteiger partial charge in [-0.25, -0.2) is 9.69 Å². The van der Waals surface area contributed by atoms with Gasteiger partial charge in [-0.3, -0.25) is 4.79 Å². The third-order valence-corrected chi connectivity index (χ3v) is 3.77. The van der Waals surface area contributed by atoms with Crippen LogP contribution >= 0.6 is 0 Å².